The van der Waals surface area contributed by atoms with Crippen LogP contribution in [0.1, 0.15) is 15.9 Å². The zero-order valence-corrected chi connectivity index (χ0v) is 14.8. The lowest BCUT2D eigenvalue weighted by Crippen LogP contribution is -2.17. The minimum absolute atomic E-state index is 0.228. The third-order valence-corrected chi connectivity index (χ3v) is 4.50. The third-order valence-electron chi connectivity index (χ3n) is 3.34. The fourth-order valence-corrected chi connectivity index (χ4v) is 3.21. The highest BCUT2D eigenvalue weighted by atomic mass is 32.2. The van der Waals surface area contributed by atoms with Gasteiger partial charge in [0.1, 0.15) is 4.32 Å². The van der Waals surface area contributed by atoms with E-state index < -0.39 is 5.97 Å². The van der Waals surface area contributed by atoms with Crippen molar-refractivity contribution in [2.24, 2.45) is 0 Å². The Morgan fingerprint density at radius 3 is 2.56 bits per heavy atom. The Balaban J connectivity index is 1.83. The van der Waals surface area contributed by atoms with Crippen LogP contribution in [0.25, 0.3) is 6.08 Å². The molecule has 0 atom stereocenters. The minimum atomic E-state index is -0.471. The van der Waals surface area contributed by atoms with Crippen molar-refractivity contribution in [1.82, 2.24) is 5.32 Å². The van der Waals surface area contributed by atoms with E-state index in [1.54, 1.807) is 48.5 Å². The second-order valence-corrected chi connectivity index (χ2v) is 6.74. The number of carbonyl (C=O) groups excluding carboxylic acids is 2. The largest absolute Gasteiger partial charge is 0.493 e. The molecule has 1 N–H and O–H groups in total. The van der Waals surface area contributed by atoms with Gasteiger partial charge in [-0.15, -0.1) is 0 Å². The molecule has 2 aromatic carbocycles. The molecule has 0 radical (unpaired) electrons. The van der Waals surface area contributed by atoms with Gasteiger partial charge in [-0.25, -0.2) is 4.79 Å². The smallest absolute Gasteiger partial charge is 0.343 e. The number of thioether (sulfide) groups is 1. The predicted molar refractivity (Wildman–Crippen MR) is 101 cm³/mol. The summed E-state index contributed by atoms with van der Waals surface area (Å²) in [6, 6.07) is 13.7. The Labute approximate surface area is 154 Å². The van der Waals surface area contributed by atoms with Gasteiger partial charge < -0.3 is 14.8 Å². The first-order valence-corrected chi connectivity index (χ1v) is 8.49. The van der Waals surface area contributed by atoms with Crippen molar-refractivity contribution in [3.05, 3.63) is 64.6 Å². The van der Waals surface area contributed by atoms with E-state index in [1.165, 1.54) is 18.9 Å². The topological polar surface area (TPSA) is 64.6 Å². The quantitative estimate of drug-likeness (QED) is 0.385. The molecular weight excluding hydrogens is 358 g/mol. The summed E-state index contributed by atoms with van der Waals surface area (Å²) in [6.07, 6.45) is 1.70. The molecule has 0 bridgehead atoms. The molecule has 1 amide bonds. The lowest BCUT2D eigenvalue weighted by molar-refractivity contribution is -0.115. The second-order valence-electron chi connectivity index (χ2n) is 5.02. The maximum atomic E-state index is 12.2. The van der Waals surface area contributed by atoms with Gasteiger partial charge in [-0.3, -0.25) is 4.79 Å². The number of esters is 1. The highest BCUT2D eigenvalue weighted by Gasteiger charge is 2.22. The van der Waals surface area contributed by atoms with Gasteiger partial charge in [-0.1, -0.05) is 48.2 Å². The number of hydrogen-bond donors (Lipinski definition) is 1. The van der Waals surface area contributed by atoms with E-state index >= 15 is 0 Å². The number of ether oxygens (including phenoxy) is 2. The molecule has 5 nitrogen and oxygen atoms in total. The van der Waals surface area contributed by atoms with Crippen LogP contribution in [0.15, 0.2) is 53.4 Å². The van der Waals surface area contributed by atoms with E-state index in [4.69, 9.17) is 21.7 Å². The molecule has 1 aliphatic rings. The van der Waals surface area contributed by atoms with Crippen molar-refractivity contribution >= 4 is 46.3 Å². The number of rotatable bonds is 4. The Morgan fingerprint density at radius 2 is 1.92 bits per heavy atom. The number of methoxy groups -OCH3 is 1. The molecule has 0 spiro atoms. The number of nitrogens with one attached hydrogen (secondary N) is 1. The summed E-state index contributed by atoms with van der Waals surface area (Å²) < 4.78 is 11.1. The van der Waals surface area contributed by atoms with Crippen molar-refractivity contribution in [1.29, 1.82) is 0 Å². The standard InChI is InChI=1S/C18H13NO4S2/c1-22-14-9-11(10-15-16(20)19-18(24)25-15)7-8-13(14)23-17(21)12-5-3-2-4-6-12/h2-10H,1H3,(H,19,20,24)/b15-10+. The summed E-state index contributed by atoms with van der Waals surface area (Å²) >= 11 is 6.16. The van der Waals surface area contributed by atoms with Crippen LogP contribution in [-0.2, 0) is 4.79 Å². The van der Waals surface area contributed by atoms with Crippen LogP contribution in [0.4, 0.5) is 0 Å². The van der Waals surface area contributed by atoms with Crippen molar-refractivity contribution in [2.45, 2.75) is 0 Å². The third kappa shape index (κ3) is 4.07. The Bertz CT molecular complexity index is 878. The molecular formula is C18H13NO4S2. The SMILES string of the molecule is COc1cc(/C=C2/SC(=S)NC2=O)ccc1OC(=O)c1ccccc1. The number of thiocarbonyl (C=S) groups is 1. The van der Waals surface area contributed by atoms with E-state index in [2.05, 4.69) is 5.32 Å². The maximum Gasteiger partial charge on any atom is 0.343 e. The first-order chi connectivity index (χ1) is 12.1. The van der Waals surface area contributed by atoms with E-state index in [9.17, 15) is 9.59 Å². The molecule has 0 aromatic heterocycles. The lowest BCUT2D eigenvalue weighted by atomic mass is 10.2. The molecule has 1 fully saturated rings. The van der Waals surface area contributed by atoms with Crippen LogP contribution in [-0.4, -0.2) is 23.3 Å². The van der Waals surface area contributed by atoms with E-state index in [1.807, 2.05) is 6.07 Å². The number of hydrogen-bond acceptors (Lipinski definition) is 6. The van der Waals surface area contributed by atoms with Crippen LogP contribution < -0.4 is 14.8 Å². The molecule has 2 aromatic rings. The summed E-state index contributed by atoms with van der Waals surface area (Å²) in [5, 5.41) is 2.56. The molecule has 25 heavy (non-hydrogen) atoms. The number of carbonyl (C=O) groups is 2. The number of amides is 1. The van der Waals surface area contributed by atoms with Crippen molar-refractivity contribution in [3.8, 4) is 11.5 Å². The maximum absolute atomic E-state index is 12.2. The van der Waals surface area contributed by atoms with Crippen molar-refractivity contribution in [3.63, 3.8) is 0 Å². The summed E-state index contributed by atoms with van der Waals surface area (Å²) in [4.78, 5) is 24.4. The van der Waals surface area contributed by atoms with E-state index in [0.717, 1.165) is 5.56 Å². The minimum Gasteiger partial charge on any atom is -0.493 e. The van der Waals surface area contributed by atoms with Crippen LogP contribution in [0.5, 0.6) is 11.5 Å². The van der Waals surface area contributed by atoms with E-state index in [0.29, 0.717) is 26.3 Å². The first kappa shape index (κ1) is 17.2. The van der Waals surface area contributed by atoms with Gasteiger partial charge in [0.2, 0.25) is 0 Å². The summed E-state index contributed by atoms with van der Waals surface area (Å²) in [6.45, 7) is 0. The molecule has 1 aliphatic heterocycles. The van der Waals surface area contributed by atoms with E-state index in [-0.39, 0.29) is 5.91 Å². The van der Waals surface area contributed by atoms with Crippen LogP contribution in [0, 0.1) is 0 Å². The van der Waals surface area contributed by atoms with Crippen LogP contribution in [0.3, 0.4) is 0 Å². The monoisotopic (exact) mass is 371 g/mol. The fourth-order valence-electron chi connectivity index (χ4n) is 2.16. The average molecular weight is 371 g/mol. The van der Waals surface area contributed by atoms with Gasteiger partial charge in [-0.05, 0) is 35.9 Å². The van der Waals surface area contributed by atoms with Crippen LogP contribution in [0.2, 0.25) is 0 Å². The summed E-state index contributed by atoms with van der Waals surface area (Å²) in [7, 11) is 1.48. The van der Waals surface area contributed by atoms with Crippen molar-refractivity contribution < 1.29 is 19.1 Å². The molecule has 0 unspecified atom stereocenters. The molecule has 1 heterocycles. The second kappa shape index (κ2) is 7.50. The first-order valence-electron chi connectivity index (χ1n) is 7.27. The number of benzene rings is 2. The van der Waals surface area contributed by atoms with Crippen LogP contribution >= 0.6 is 24.0 Å². The summed E-state index contributed by atoms with van der Waals surface area (Å²) in [5.74, 6) is -0.00297. The Hall–Kier alpha value is -2.64. The van der Waals surface area contributed by atoms with Crippen molar-refractivity contribution in [2.75, 3.05) is 7.11 Å². The van der Waals surface area contributed by atoms with Gasteiger partial charge in [0.25, 0.3) is 5.91 Å². The molecule has 0 aliphatic carbocycles. The molecule has 7 heteroatoms. The lowest BCUT2D eigenvalue weighted by Gasteiger charge is -2.10. The molecule has 126 valence electrons. The average Bonchev–Trinajstić information content (AvgIpc) is 2.94. The highest BCUT2D eigenvalue weighted by Crippen LogP contribution is 2.32. The molecule has 0 saturated carbocycles. The van der Waals surface area contributed by atoms with Gasteiger partial charge in [0.15, 0.2) is 11.5 Å². The normalized spacial score (nSPS) is 15.2. The van der Waals surface area contributed by atoms with Gasteiger partial charge in [0, 0.05) is 0 Å². The molecule has 1 saturated heterocycles. The Kier molecular flexibility index (Phi) is 5.16. The summed E-state index contributed by atoms with van der Waals surface area (Å²) in [5.41, 5.74) is 1.18. The van der Waals surface area contributed by atoms with Gasteiger partial charge >= 0.3 is 5.97 Å². The fraction of sp³-hybridized carbons (Fsp3) is 0.0556. The predicted octanol–water partition coefficient (Wildman–Crippen LogP) is 3.40. The van der Waals surface area contributed by atoms with Gasteiger partial charge in [-0.2, -0.15) is 0 Å². The van der Waals surface area contributed by atoms with Gasteiger partial charge in [0.05, 0.1) is 17.6 Å². The zero-order chi connectivity index (χ0) is 17.8. The Morgan fingerprint density at radius 1 is 1.16 bits per heavy atom. The zero-order valence-electron chi connectivity index (χ0n) is 13.1. The molecule has 3 rings (SSSR count). The highest BCUT2D eigenvalue weighted by molar-refractivity contribution is 8.26.